The Kier molecular flexibility index (Phi) is 5.78. The monoisotopic (exact) mass is 366 g/mol. The summed E-state index contributed by atoms with van der Waals surface area (Å²) in [6, 6.07) is 1.37. The van der Waals surface area contributed by atoms with E-state index < -0.39 is 16.1 Å². The van der Waals surface area contributed by atoms with E-state index in [1.54, 1.807) is 12.3 Å². The molecule has 1 aliphatic heterocycles. The van der Waals surface area contributed by atoms with Crippen LogP contribution in [-0.2, 0) is 10.0 Å². The molecule has 1 saturated heterocycles. The zero-order valence-corrected chi connectivity index (χ0v) is 15.2. The van der Waals surface area contributed by atoms with Crippen LogP contribution in [0.2, 0.25) is 0 Å². The highest BCUT2D eigenvalue weighted by atomic mass is 32.2. The van der Waals surface area contributed by atoms with Crippen LogP contribution in [0.1, 0.15) is 51.4 Å². The van der Waals surface area contributed by atoms with E-state index in [9.17, 15) is 13.2 Å². The summed E-state index contributed by atoms with van der Waals surface area (Å²) < 4.78 is 27.6. The molecule has 3 rings (SSSR count). The molecule has 25 heavy (non-hydrogen) atoms. The number of nitrogens with one attached hydrogen (secondary N) is 2. The van der Waals surface area contributed by atoms with E-state index in [1.807, 2.05) is 0 Å². The van der Waals surface area contributed by atoms with Gasteiger partial charge < -0.3 is 10.2 Å². The van der Waals surface area contributed by atoms with Gasteiger partial charge in [-0.05, 0) is 31.7 Å². The number of carbonyl (C=O) groups is 1. The van der Waals surface area contributed by atoms with Crippen LogP contribution >= 0.6 is 0 Å². The standard InChI is InChI=1S/C17H26N4O3S/c22-17(21-11-5-6-12-21)20-25(23,24)16-13-18-10-9-15(16)19-14-7-3-1-2-4-8-14/h9-10,13-14H,1-8,11-12H2,(H,18,19)(H,20,22). The average Bonchev–Trinajstić information content (AvgIpc) is 3.01. The molecule has 0 spiro atoms. The molecule has 0 radical (unpaired) electrons. The summed E-state index contributed by atoms with van der Waals surface area (Å²) >= 11 is 0. The second-order valence-electron chi connectivity index (χ2n) is 6.81. The summed E-state index contributed by atoms with van der Waals surface area (Å²) in [7, 11) is -3.95. The molecule has 7 nitrogen and oxygen atoms in total. The van der Waals surface area contributed by atoms with E-state index in [4.69, 9.17) is 0 Å². The molecule has 1 aromatic rings. The summed E-state index contributed by atoms with van der Waals surface area (Å²) in [5, 5.41) is 3.35. The fraction of sp³-hybridized carbons (Fsp3) is 0.647. The van der Waals surface area contributed by atoms with Crippen molar-refractivity contribution in [2.24, 2.45) is 0 Å². The summed E-state index contributed by atoms with van der Waals surface area (Å²) in [5.41, 5.74) is 0.517. The second kappa shape index (κ2) is 8.03. The number of likely N-dealkylation sites (tertiary alicyclic amines) is 1. The molecule has 2 N–H and O–H groups in total. The van der Waals surface area contributed by atoms with Crippen molar-refractivity contribution in [1.29, 1.82) is 0 Å². The normalized spacial score (nSPS) is 19.4. The Labute approximate surface area is 149 Å². The predicted molar refractivity (Wildman–Crippen MR) is 95.9 cm³/mol. The van der Waals surface area contributed by atoms with Gasteiger partial charge in [0.05, 0.1) is 5.69 Å². The van der Waals surface area contributed by atoms with E-state index in [0.29, 0.717) is 18.8 Å². The maximum Gasteiger partial charge on any atom is 0.331 e. The van der Waals surface area contributed by atoms with Gasteiger partial charge in [-0.25, -0.2) is 17.9 Å². The molecule has 0 atom stereocenters. The minimum absolute atomic E-state index is 0.0341. The molecule has 2 heterocycles. The van der Waals surface area contributed by atoms with Gasteiger partial charge in [-0.3, -0.25) is 4.98 Å². The zero-order chi connectivity index (χ0) is 17.7. The van der Waals surface area contributed by atoms with Crippen LogP contribution in [0.15, 0.2) is 23.4 Å². The smallest absolute Gasteiger partial charge is 0.331 e. The van der Waals surface area contributed by atoms with Gasteiger partial charge in [-0.2, -0.15) is 0 Å². The van der Waals surface area contributed by atoms with E-state index in [2.05, 4.69) is 15.0 Å². The molecule has 0 aromatic carbocycles. The Bertz CT molecular complexity index is 694. The lowest BCUT2D eigenvalue weighted by Gasteiger charge is -2.21. The van der Waals surface area contributed by atoms with Gasteiger partial charge in [-0.15, -0.1) is 0 Å². The SMILES string of the molecule is O=C(NS(=O)(=O)c1cnccc1NC1CCCCCC1)N1CCCC1. The summed E-state index contributed by atoms with van der Waals surface area (Å²) in [6.45, 7) is 1.20. The minimum atomic E-state index is -3.95. The molecule has 2 amide bonds. The van der Waals surface area contributed by atoms with Gasteiger partial charge in [0.15, 0.2) is 0 Å². The Morgan fingerprint density at radius 3 is 2.44 bits per heavy atom. The zero-order valence-electron chi connectivity index (χ0n) is 14.4. The Morgan fingerprint density at radius 1 is 1.08 bits per heavy atom. The molecule has 1 aliphatic carbocycles. The molecule has 1 saturated carbocycles. The highest BCUT2D eigenvalue weighted by molar-refractivity contribution is 7.90. The van der Waals surface area contributed by atoms with Gasteiger partial charge in [0.2, 0.25) is 0 Å². The first-order valence-corrected chi connectivity index (χ1v) is 10.6. The van der Waals surface area contributed by atoms with Gasteiger partial charge in [-0.1, -0.05) is 25.7 Å². The molecule has 0 bridgehead atoms. The number of carbonyl (C=O) groups excluding carboxylic acids is 1. The third-order valence-electron chi connectivity index (χ3n) is 4.90. The maximum atomic E-state index is 12.7. The van der Waals surface area contributed by atoms with Crippen LogP contribution in [0, 0.1) is 0 Å². The summed E-state index contributed by atoms with van der Waals surface area (Å²) in [4.78, 5) is 17.7. The van der Waals surface area contributed by atoms with Crippen LogP contribution in [0.5, 0.6) is 0 Å². The second-order valence-corrected chi connectivity index (χ2v) is 8.46. The number of aromatic nitrogens is 1. The van der Waals surface area contributed by atoms with Crippen molar-refractivity contribution in [2.45, 2.75) is 62.3 Å². The molecule has 2 fully saturated rings. The van der Waals surface area contributed by atoms with Crippen LogP contribution in [-0.4, -0.2) is 43.5 Å². The van der Waals surface area contributed by atoms with E-state index in [1.165, 1.54) is 23.9 Å². The van der Waals surface area contributed by atoms with Crippen molar-refractivity contribution >= 4 is 21.7 Å². The first-order chi connectivity index (χ1) is 12.1. The quantitative estimate of drug-likeness (QED) is 0.800. The van der Waals surface area contributed by atoms with Gasteiger partial charge in [0, 0.05) is 31.5 Å². The molecular weight excluding hydrogens is 340 g/mol. The minimum Gasteiger partial charge on any atom is -0.381 e. The third kappa shape index (κ3) is 4.62. The Balaban J connectivity index is 1.75. The van der Waals surface area contributed by atoms with Crippen molar-refractivity contribution in [3.8, 4) is 0 Å². The van der Waals surface area contributed by atoms with Gasteiger partial charge in [0.25, 0.3) is 10.0 Å². The summed E-state index contributed by atoms with van der Waals surface area (Å²) in [5.74, 6) is 0. The van der Waals surface area contributed by atoms with Crippen molar-refractivity contribution in [1.82, 2.24) is 14.6 Å². The van der Waals surface area contributed by atoms with Crippen molar-refractivity contribution in [3.63, 3.8) is 0 Å². The number of amides is 2. The number of nitrogens with zero attached hydrogens (tertiary/aromatic N) is 2. The average molecular weight is 366 g/mol. The lowest BCUT2D eigenvalue weighted by molar-refractivity contribution is 0.215. The predicted octanol–water partition coefficient (Wildman–Crippen LogP) is 2.71. The lowest BCUT2D eigenvalue weighted by Crippen LogP contribution is -2.41. The largest absolute Gasteiger partial charge is 0.381 e. The maximum absolute atomic E-state index is 12.7. The fourth-order valence-electron chi connectivity index (χ4n) is 3.51. The number of hydrogen-bond acceptors (Lipinski definition) is 5. The number of anilines is 1. The van der Waals surface area contributed by atoms with Crippen LogP contribution in [0.25, 0.3) is 0 Å². The van der Waals surface area contributed by atoms with E-state index in [-0.39, 0.29) is 10.9 Å². The van der Waals surface area contributed by atoms with Crippen LogP contribution in [0.4, 0.5) is 10.5 Å². The molecule has 1 aromatic heterocycles. The lowest BCUT2D eigenvalue weighted by atomic mass is 10.1. The summed E-state index contributed by atoms with van der Waals surface area (Å²) in [6.07, 6.45) is 11.5. The van der Waals surface area contributed by atoms with Crippen molar-refractivity contribution in [3.05, 3.63) is 18.5 Å². The Morgan fingerprint density at radius 2 is 1.76 bits per heavy atom. The van der Waals surface area contributed by atoms with E-state index in [0.717, 1.165) is 38.5 Å². The molecule has 138 valence electrons. The Hall–Kier alpha value is -1.83. The number of rotatable bonds is 4. The van der Waals surface area contributed by atoms with Crippen molar-refractivity contribution < 1.29 is 13.2 Å². The number of hydrogen-bond donors (Lipinski definition) is 2. The van der Waals surface area contributed by atoms with Crippen LogP contribution in [0.3, 0.4) is 0 Å². The number of sulfonamides is 1. The first kappa shape index (κ1) is 18.0. The molecular formula is C17H26N4O3S. The van der Waals surface area contributed by atoms with Crippen molar-refractivity contribution in [2.75, 3.05) is 18.4 Å². The van der Waals surface area contributed by atoms with Gasteiger partial charge >= 0.3 is 6.03 Å². The third-order valence-corrected chi connectivity index (χ3v) is 6.25. The highest BCUT2D eigenvalue weighted by Gasteiger charge is 2.27. The van der Waals surface area contributed by atoms with E-state index >= 15 is 0 Å². The first-order valence-electron chi connectivity index (χ1n) is 9.08. The molecule has 8 heteroatoms. The topological polar surface area (TPSA) is 91.4 Å². The fourth-order valence-corrected chi connectivity index (χ4v) is 4.60. The highest BCUT2D eigenvalue weighted by Crippen LogP contribution is 2.25. The van der Waals surface area contributed by atoms with Crippen LogP contribution < -0.4 is 10.0 Å². The van der Waals surface area contributed by atoms with Gasteiger partial charge in [0.1, 0.15) is 4.90 Å². The molecule has 0 unspecified atom stereocenters. The number of urea groups is 1. The number of pyridine rings is 1. The molecule has 2 aliphatic rings.